The van der Waals surface area contributed by atoms with Gasteiger partial charge in [0.25, 0.3) is 0 Å². The van der Waals surface area contributed by atoms with Crippen LogP contribution in [0.25, 0.3) is 0 Å². The normalized spacial score (nSPS) is 14.0. The summed E-state index contributed by atoms with van der Waals surface area (Å²) in [6, 6.07) is 2.40. The maximum Gasteiger partial charge on any atom is 0.326 e. The van der Waals surface area contributed by atoms with Gasteiger partial charge in [0.2, 0.25) is 11.8 Å². The van der Waals surface area contributed by atoms with Gasteiger partial charge < -0.3 is 37.4 Å². The van der Waals surface area contributed by atoms with Gasteiger partial charge in [0.05, 0.1) is 12.6 Å². The summed E-state index contributed by atoms with van der Waals surface area (Å²) in [4.78, 5) is 35.8. The molecule has 10 heteroatoms. The lowest BCUT2D eigenvalue weighted by molar-refractivity contribution is -0.142. The molecule has 0 aliphatic rings. The van der Waals surface area contributed by atoms with Crippen LogP contribution < -0.4 is 22.1 Å². The number of unbranched alkanes of at least 4 members (excludes halogenated alkanes) is 1. The van der Waals surface area contributed by atoms with Gasteiger partial charge in [0, 0.05) is 6.42 Å². The number of carboxylic acid groups (broad SMARTS) is 1. The number of rotatable bonds is 12. The second-order valence-electron chi connectivity index (χ2n) is 6.40. The highest BCUT2D eigenvalue weighted by Crippen LogP contribution is 2.11. The molecule has 0 bridgehead atoms. The summed E-state index contributed by atoms with van der Waals surface area (Å²) in [5.41, 5.74) is 11.7. The van der Waals surface area contributed by atoms with Gasteiger partial charge in [0.15, 0.2) is 0 Å². The van der Waals surface area contributed by atoms with E-state index < -0.39 is 42.5 Å². The highest BCUT2D eigenvalue weighted by atomic mass is 16.4. The van der Waals surface area contributed by atoms with Crippen LogP contribution in [0.1, 0.15) is 24.8 Å². The third kappa shape index (κ3) is 7.91. The van der Waals surface area contributed by atoms with Gasteiger partial charge in [-0.05, 0) is 37.1 Å². The topological polar surface area (TPSA) is 188 Å². The number of phenols is 1. The summed E-state index contributed by atoms with van der Waals surface area (Å²) in [6.45, 7) is -0.230. The second kappa shape index (κ2) is 11.9. The first-order chi connectivity index (χ1) is 13.3. The molecule has 0 saturated heterocycles. The maximum atomic E-state index is 12.3. The largest absolute Gasteiger partial charge is 0.508 e. The minimum Gasteiger partial charge on any atom is -0.508 e. The van der Waals surface area contributed by atoms with Crippen LogP contribution in [0, 0.1) is 0 Å². The Morgan fingerprint density at radius 3 is 2.14 bits per heavy atom. The van der Waals surface area contributed by atoms with Gasteiger partial charge in [-0.1, -0.05) is 18.6 Å². The van der Waals surface area contributed by atoms with Crippen LogP contribution >= 0.6 is 0 Å². The Hall–Kier alpha value is -2.69. The van der Waals surface area contributed by atoms with Crippen molar-refractivity contribution in [1.82, 2.24) is 10.6 Å². The number of carbonyl (C=O) groups excluding carboxylic acids is 2. The number of carbonyl (C=O) groups is 3. The standard InChI is InChI=1S/C18H28N4O6/c19-8-2-1-3-13(20)16(25)22-15(10-23)17(26)21-14(18(27)28)9-11-4-6-12(24)7-5-11/h4-7,13-15,23-24H,1-3,8-10,19-20H2,(H,21,26)(H,22,25)(H,27,28)/t13-,14-,15-/m0/s1. The van der Waals surface area contributed by atoms with Crippen LogP contribution in [0.2, 0.25) is 0 Å². The molecule has 0 aromatic heterocycles. The van der Waals surface area contributed by atoms with E-state index in [2.05, 4.69) is 10.6 Å². The van der Waals surface area contributed by atoms with E-state index in [9.17, 15) is 29.7 Å². The molecular formula is C18H28N4O6. The lowest BCUT2D eigenvalue weighted by Crippen LogP contribution is -2.56. The quantitative estimate of drug-likeness (QED) is 0.206. The van der Waals surface area contributed by atoms with Gasteiger partial charge in [-0.15, -0.1) is 0 Å². The lowest BCUT2D eigenvalue weighted by atomic mass is 10.1. The number of aliphatic hydroxyl groups is 1. The molecule has 0 fully saturated rings. The van der Waals surface area contributed by atoms with Crippen molar-refractivity contribution in [3.05, 3.63) is 29.8 Å². The molecule has 28 heavy (non-hydrogen) atoms. The summed E-state index contributed by atoms with van der Waals surface area (Å²) in [5.74, 6) is -2.69. The van der Waals surface area contributed by atoms with E-state index >= 15 is 0 Å². The van der Waals surface area contributed by atoms with Crippen molar-refractivity contribution in [2.45, 2.75) is 43.8 Å². The summed E-state index contributed by atoms with van der Waals surface area (Å²) in [5, 5.41) is 32.6. The lowest BCUT2D eigenvalue weighted by Gasteiger charge is -2.21. The number of aliphatic hydroxyl groups excluding tert-OH is 1. The number of nitrogens with two attached hydrogens (primary N) is 2. The predicted octanol–water partition coefficient (Wildman–Crippen LogP) is -1.56. The van der Waals surface area contributed by atoms with Crippen LogP contribution in [0.5, 0.6) is 5.75 Å². The van der Waals surface area contributed by atoms with Crippen molar-refractivity contribution in [2.24, 2.45) is 11.5 Å². The Labute approximate surface area is 162 Å². The fraction of sp³-hybridized carbons (Fsp3) is 0.500. The number of aliphatic carboxylic acids is 1. The van der Waals surface area contributed by atoms with Gasteiger partial charge in [-0.2, -0.15) is 0 Å². The zero-order valence-corrected chi connectivity index (χ0v) is 15.5. The van der Waals surface area contributed by atoms with Crippen LogP contribution in [-0.4, -0.2) is 64.4 Å². The fourth-order valence-corrected chi connectivity index (χ4v) is 2.45. The van der Waals surface area contributed by atoms with Crippen LogP contribution in [0.3, 0.4) is 0 Å². The molecule has 0 unspecified atom stereocenters. The third-order valence-corrected chi connectivity index (χ3v) is 4.11. The number of hydrogen-bond acceptors (Lipinski definition) is 7. The summed E-state index contributed by atoms with van der Waals surface area (Å²) in [7, 11) is 0. The Balaban J connectivity index is 2.66. The van der Waals surface area contributed by atoms with Crippen molar-refractivity contribution >= 4 is 17.8 Å². The number of amides is 2. The zero-order valence-electron chi connectivity index (χ0n) is 15.5. The predicted molar refractivity (Wildman–Crippen MR) is 101 cm³/mol. The molecule has 9 N–H and O–H groups in total. The average molecular weight is 396 g/mol. The minimum atomic E-state index is -1.32. The molecule has 1 aromatic rings. The SMILES string of the molecule is NCCCC[C@H](N)C(=O)N[C@@H](CO)C(=O)N[C@@H](Cc1ccc(O)cc1)C(=O)O. The van der Waals surface area contributed by atoms with E-state index in [1.807, 2.05) is 0 Å². The number of aromatic hydroxyl groups is 1. The van der Waals surface area contributed by atoms with Gasteiger partial charge >= 0.3 is 5.97 Å². The van der Waals surface area contributed by atoms with E-state index in [4.69, 9.17) is 11.5 Å². The van der Waals surface area contributed by atoms with Gasteiger partial charge in [0.1, 0.15) is 17.8 Å². The monoisotopic (exact) mass is 396 g/mol. The fourth-order valence-electron chi connectivity index (χ4n) is 2.45. The molecule has 0 spiro atoms. The molecule has 0 aliphatic carbocycles. The van der Waals surface area contributed by atoms with Gasteiger partial charge in [-0.25, -0.2) is 4.79 Å². The third-order valence-electron chi connectivity index (χ3n) is 4.11. The van der Waals surface area contributed by atoms with E-state index in [1.165, 1.54) is 24.3 Å². The molecule has 10 nitrogen and oxygen atoms in total. The number of hydrogen-bond donors (Lipinski definition) is 7. The van der Waals surface area contributed by atoms with Crippen LogP contribution in [0.4, 0.5) is 0 Å². The summed E-state index contributed by atoms with van der Waals surface area (Å²) in [6.07, 6.45) is 1.70. The Morgan fingerprint density at radius 1 is 1.00 bits per heavy atom. The van der Waals surface area contributed by atoms with Crippen molar-refractivity contribution in [3.63, 3.8) is 0 Å². The average Bonchev–Trinajstić information content (AvgIpc) is 2.66. The van der Waals surface area contributed by atoms with Crippen molar-refractivity contribution in [2.75, 3.05) is 13.2 Å². The molecule has 2 amide bonds. The van der Waals surface area contributed by atoms with Crippen molar-refractivity contribution < 1.29 is 29.7 Å². The van der Waals surface area contributed by atoms with E-state index in [1.54, 1.807) is 0 Å². The number of nitrogens with one attached hydrogen (secondary N) is 2. The first-order valence-corrected chi connectivity index (χ1v) is 8.96. The molecule has 0 saturated carbocycles. The van der Waals surface area contributed by atoms with Crippen molar-refractivity contribution in [1.29, 1.82) is 0 Å². The molecule has 0 radical (unpaired) electrons. The molecule has 0 aliphatic heterocycles. The molecule has 0 heterocycles. The molecular weight excluding hydrogens is 368 g/mol. The number of carboxylic acids is 1. The number of phenolic OH excluding ortho intramolecular Hbond substituents is 1. The highest BCUT2D eigenvalue weighted by Gasteiger charge is 2.27. The minimum absolute atomic E-state index is 0.0329. The second-order valence-corrected chi connectivity index (χ2v) is 6.40. The van der Waals surface area contributed by atoms with Gasteiger partial charge in [-0.3, -0.25) is 9.59 Å². The van der Waals surface area contributed by atoms with E-state index in [0.717, 1.165) is 0 Å². The first-order valence-electron chi connectivity index (χ1n) is 8.96. The molecule has 1 aromatic carbocycles. The Kier molecular flexibility index (Phi) is 9.93. The van der Waals surface area contributed by atoms with E-state index in [-0.39, 0.29) is 12.2 Å². The Bertz CT molecular complexity index is 652. The van der Waals surface area contributed by atoms with Crippen molar-refractivity contribution in [3.8, 4) is 5.75 Å². The maximum absolute atomic E-state index is 12.3. The summed E-state index contributed by atoms with van der Waals surface area (Å²) < 4.78 is 0. The summed E-state index contributed by atoms with van der Waals surface area (Å²) >= 11 is 0. The van der Waals surface area contributed by atoms with Crippen LogP contribution in [0.15, 0.2) is 24.3 Å². The van der Waals surface area contributed by atoms with E-state index in [0.29, 0.717) is 31.4 Å². The zero-order chi connectivity index (χ0) is 21.1. The molecule has 3 atom stereocenters. The Morgan fingerprint density at radius 2 is 1.61 bits per heavy atom. The first kappa shape index (κ1) is 23.3. The number of benzene rings is 1. The highest BCUT2D eigenvalue weighted by molar-refractivity contribution is 5.91. The molecule has 156 valence electrons. The smallest absolute Gasteiger partial charge is 0.326 e. The van der Waals surface area contributed by atoms with Crippen LogP contribution in [-0.2, 0) is 20.8 Å². The molecule has 1 rings (SSSR count).